The largest absolute Gasteiger partial charge is 0.399 e. The van der Waals surface area contributed by atoms with E-state index in [-0.39, 0.29) is 13.2 Å². The zero-order valence-corrected chi connectivity index (χ0v) is 13.2. The van der Waals surface area contributed by atoms with Crippen molar-refractivity contribution >= 4 is 11.4 Å². The van der Waals surface area contributed by atoms with Crippen LogP contribution in [-0.4, -0.2) is 36.5 Å². The Morgan fingerprint density at radius 2 is 1.41 bits per heavy atom. The summed E-state index contributed by atoms with van der Waals surface area (Å²) in [6.07, 6.45) is 0. The van der Waals surface area contributed by atoms with Crippen molar-refractivity contribution in [1.82, 2.24) is 0 Å². The fraction of sp³-hybridized carbons (Fsp3) is 0.333. The Hall–Kier alpha value is -2.04. The Morgan fingerprint density at radius 1 is 0.864 bits per heavy atom. The van der Waals surface area contributed by atoms with Crippen LogP contribution in [0.25, 0.3) is 11.1 Å². The van der Waals surface area contributed by atoms with Gasteiger partial charge in [-0.05, 0) is 60.4 Å². The standard InChI is InChI=1S/C18H24N2O2/c1-13-11-15(3-5-17(13)19)16-4-6-18(14(2)12-16)20(7-9-21)8-10-22/h3-6,11-12,21-22H,7-10,19H2,1-2H3. The van der Waals surface area contributed by atoms with Gasteiger partial charge in [0, 0.05) is 24.5 Å². The van der Waals surface area contributed by atoms with E-state index in [2.05, 4.69) is 18.2 Å². The molecule has 118 valence electrons. The number of aliphatic hydroxyl groups excluding tert-OH is 2. The van der Waals surface area contributed by atoms with Crippen molar-refractivity contribution in [3.05, 3.63) is 47.5 Å². The Kier molecular flexibility index (Phi) is 5.41. The number of aliphatic hydroxyl groups is 2. The molecule has 4 heteroatoms. The van der Waals surface area contributed by atoms with E-state index in [9.17, 15) is 0 Å². The highest BCUT2D eigenvalue weighted by atomic mass is 16.3. The average molecular weight is 300 g/mol. The predicted molar refractivity (Wildman–Crippen MR) is 92.1 cm³/mol. The van der Waals surface area contributed by atoms with Crippen LogP contribution in [0.2, 0.25) is 0 Å². The molecule has 0 aliphatic heterocycles. The Bertz CT molecular complexity index is 635. The van der Waals surface area contributed by atoms with E-state index in [0.29, 0.717) is 13.1 Å². The summed E-state index contributed by atoms with van der Waals surface area (Å²) in [5.74, 6) is 0. The normalized spacial score (nSPS) is 10.7. The van der Waals surface area contributed by atoms with Crippen LogP contribution in [0.15, 0.2) is 36.4 Å². The molecule has 0 radical (unpaired) electrons. The highest BCUT2D eigenvalue weighted by Gasteiger charge is 2.10. The third kappa shape index (κ3) is 3.59. The maximum Gasteiger partial charge on any atom is 0.0606 e. The van der Waals surface area contributed by atoms with Crippen molar-refractivity contribution in [3.63, 3.8) is 0 Å². The van der Waals surface area contributed by atoms with Crippen LogP contribution in [0.5, 0.6) is 0 Å². The summed E-state index contributed by atoms with van der Waals surface area (Å²) in [6.45, 7) is 5.22. The summed E-state index contributed by atoms with van der Waals surface area (Å²) in [5.41, 5.74) is 12.2. The minimum absolute atomic E-state index is 0.0678. The van der Waals surface area contributed by atoms with Crippen LogP contribution in [-0.2, 0) is 0 Å². The van der Waals surface area contributed by atoms with Crippen molar-refractivity contribution in [3.8, 4) is 11.1 Å². The molecule has 22 heavy (non-hydrogen) atoms. The molecule has 0 amide bonds. The average Bonchev–Trinajstić information content (AvgIpc) is 2.50. The second kappa shape index (κ2) is 7.29. The zero-order chi connectivity index (χ0) is 16.1. The number of hydrogen-bond donors (Lipinski definition) is 3. The lowest BCUT2D eigenvalue weighted by atomic mass is 9.99. The van der Waals surface area contributed by atoms with E-state index in [1.807, 2.05) is 36.9 Å². The van der Waals surface area contributed by atoms with Crippen molar-refractivity contribution in [2.24, 2.45) is 0 Å². The van der Waals surface area contributed by atoms with Gasteiger partial charge in [0.05, 0.1) is 13.2 Å². The monoisotopic (exact) mass is 300 g/mol. The molecule has 0 saturated heterocycles. The van der Waals surface area contributed by atoms with E-state index in [1.54, 1.807) is 0 Å². The first-order chi connectivity index (χ1) is 10.6. The second-order valence-corrected chi connectivity index (χ2v) is 5.51. The van der Waals surface area contributed by atoms with Crippen LogP contribution < -0.4 is 10.6 Å². The molecular formula is C18H24N2O2. The second-order valence-electron chi connectivity index (χ2n) is 5.51. The van der Waals surface area contributed by atoms with Crippen LogP contribution in [0.1, 0.15) is 11.1 Å². The maximum atomic E-state index is 9.17. The highest BCUT2D eigenvalue weighted by Crippen LogP contribution is 2.28. The van der Waals surface area contributed by atoms with Crippen LogP contribution >= 0.6 is 0 Å². The maximum absolute atomic E-state index is 9.17. The molecular weight excluding hydrogens is 276 g/mol. The number of anilines is 2. The first-order valence-electron chi connectivity index (χ1n) is 7.50. The minimum atomic E-state index is 0.0678. The molecule has 2 aromatic carbocycles. The number of nitrogen functional groups attached to an aromatic ring is 1. The quantitative estimate of drug-likeness (QED) is 0.716. The van der Waals surface area contributed by atoms with Gasteiger partial charge < -0.3 is 20.8 Å². The van der Waals surface area contributed by atoms with E-state index in [0.717, 1.165) is 33.6 Å². The number of nitrogens with zero attached hydrogens (tertiary/aromatic N) is 1. The lowest BCUT2D eigenvalue weighted by Crippen LogP contribution is -2.30. The molecule has 4 N–H and O–H groups in total. The topological polar surface area (TPSA) is 69.7 Å². The van der Waals surface area contributed by atoms with Crippen molar-refractivity contribution in [2.75, 3.05) is 36.9 Å². The summed E-state index contributed by atoms with van der Waals surface area (Å²) in [4.78, 5) is 1.99. The number of benzene rings is 2. The zero-order valence-electron chi connectivity index (χ0n) is 13.2. The van der Waals surface area contributed by atoms with E-state index >= 15 is 0 Å². The molecule has 2 aromatic rings. The van der Waals surface area contributed by atoms with Crippen LogP contribution in [0, 0.1) is 13.8 Å². The summed E-state index contributed by atoms with van der Waals surface area (Å²) in [6, 6.07) is 12.3. The Labute approximate surface area is 131 Å². The Morgan fingerprint density at radius 3 is 1.91 bits per heavy atom. The van der Waals surface area contributed by atoms with Crippen molar-refractivity contribution < 1.29 is 10.2 Å². The molecule has 2 rings (SSSR count). The lowest BCUT2D eigenvalue weighted by Gasteiger charge is -2.25. The van der Waals surface area contributed by atoms with Gasteiger partial charge >= 0.3 is 0 Å². The number of nitrogens with two attached hydrogens (primary N) is 1. The summed E-state index contributed by atoms with van der Waals surface area (Å²) in [5, 5.41) is 18.3. The third-order valence-corrected chi connectivity index (χ3v) is 3.88. The van der Waals surface area contributed by atoms with Gasteiger partial charge in [0.2, 0.25) is 0 Å². The minimum Gasteiger partial charge on any atom is -0.399 e. The van der Waals surface area contributed by atoms with Gasteiger partial charge in [0.25, 0.3) is 0 Å². The van der Waals surface area contributed by atoms with Gasteiger partial charge in [-0.1, -0.05) is 12.1 Å². The molecule has 0 fully saturated rings. The van der Waals surface area contributed by atoms with E-state index in [1.165, 1.54) is 0 Å². The Balaban J connectivity index is 2.34. The lowest BCUT2D eigenvalue weighted by molar-refractivity contribution is 0.281. The first kappa shape index (κ1) is 16.3. The molecule has 0 saturated carbocycles. The van der Waals surface area contributed by atoms with Gasteiger partial charge in [-0.2, -0.15) is 0 Å². The van der Waals surface area contributed by atoms with Gasteiger partial charge in [0.15, 0.2) is 0 Å². The first-order valence-corrected chi connectivity index (χ1v) is 7.50. The van der Waals surface area contributed by atoms with E-state index in [4.69, 9.17) is 15.9 Å². The number of aryl methyl sites for hydroxylation is 2. The fourth-order valence-corrected chi connectivity index (χ4v) is 2.64. The molecule has 4 nitrogen and oxygen atoms in total. The van der Waals surface area contributed by atoms with Gasteiger partial charge in [-0.3, -0.25) is 0 Å². The summed E-state index contributed by atoms with van der Waals surface area (Å²) < 4.78 is 0. The van der Waals surface area contributed by atoms with Gasteiger partial charge in [-0.15, -0.1) is 0 Å². The molecule has 0 bridgehead atoms. The fourth-order valence-electron chi connectivity index (χ4n) is 2.64. The number of rotatable bonds is 6. The molecule has 0 atom stereocenters. The number of hydrogen-bond acceptors (Lipinski definition) is 4. The van der Waals surface area contributed by atoms with Crippen molar-refractivity contribution in [2.45, 2.75) is 13.8 Å². The molecule has 0 aliphatic carbocycles. The van der Waals surface area contributed by atoms with Gasteiger partial charge in [-0.25, -0.2) is 0 Å². The molecule has 0 unspecified atom stereocenters. The molecule has 0 spiro atoms. The smallest absolute Gasteiger partial charge is 0.0606 e. The SMILES string of the molecule is Cc1cc(-c2ccc(N(CCO)CCO)c(C)c2)ccc1N. The van der Waals surface area contributed by atoms with Crippen LogP contribution in [0.3, 0.4) is 0 Å². The molecule has 0 aromatic heterocycles. The molecule has 0 aliphatic rings. The third-order valence-electron chi connectivity index (χ3n) is 3.88. The van der Waals surface area contributed by atoms with Crippen molar-refractivity contribution in [1.29, 1.82) is 0 Å². The highest BCUT2D eigenvalue weighted by molar-refractivity contribution is 5.71. The van der Waals surface area contributed by atoms with E-state index < -0.39 is 0 Å². The van der Waals surface area contributed by atoms with Gasteiger partial charge in [0.1, 0.15) is 0 Å². The predicted octanol–water partition coefficient (Wildman–Crippen LogP) is 2.34. The van der Waals surface area contributed by atoms with Crippen LogP contribution in [0.4, 0.5) is 11.4 Å². The summed E-state index contributed by atoms with van der Waals surface area (Å²) in [7, 11) is 0. The molecule has 0 heterocycles. The summed E-state index contributed by atoms with van der Waals surface area (Å²) >= 11 is 0.